The normalized spacial score (nSPS) is 10.6. The molecule has 6 heteroatoms. The van der Waals surface area contributed by atoms with E-state index in [1.807, 2.05) is 0 Å². The monoisotopic (exact) mass is 268 g/mol. The first-order chi connectivity index (χ1) is 8.61. The Morgan fingerprint density at radius 3 is 2.94 bits per heavy atom. The van der Waals surface area contributed by atoms with Crippen LogP contribution in [0.3, 0.4) is 0 Å². The molecule has 2 rings (SSSR count). The van der Waals surface area contributed by atoms with Gasteiger partial charge in [-0.25, -0.2) is 14.4 Å². The average Bonchev–Trinajstić information content (AvgIpc) is 2.31. The van der Waals surface area contributed by atoms with Crippen LogP contribution < -0.4 is 0 Å². The number of hydrogen-bond donors (Lipinski definition) is 0. The number of nitrogens with zero attached hydrogens (tertiary/aromatic N) is 2. The summed E-state index contributed by atoms with van der Waals surface area (Å²) in [5, 5.41) is 0.374. The van der Waals surface area contributed by atoms with Crippen molar-refractivity contribution in [2.75, 3.05) is 6.61 Å². The number of halogens is 2. The molecular formula is C12H10ClFN2O2. The molecule has 0 saturated heterocycles. The molecule has 0 aliphatic carbocycles. The molecule has 18 heavy (non-hydrogen) atoms. The topological polar surface area (TPSA) is 52.1 Å². The van der Waals surface area contributed by atoms with E-state index >= 15 is 0 Å². The van der Waals surface area contributed by atoms with Crippen molar-refractivity contribution >= 4 is 28.5 Å². The number of aromatic nitrogens is 2. The summed E-state index contributed by atoms with van der Waals surface area (Å²) in [4.78, 5) is 19.2. The molecule has 0 unspecified atom stereocenters. The standard InChI is InChI=1S/C12H10ClFN2O2/c1-2-18-10(17)6-9-7-4-3-5-8(14)11(7)16-12(13)15-9/h3-5H,2,6H2,1H3. The third-order valence-corrected chi connectivity index (χ3v) is 2.52. The summed E-state index contributed by atoms with van der Waals surface area (Å²) >= 11 is 5.72. The van der Waals surface area contributed by atoms with Crippen molar-refractivity contribution in [3.8, 4) is 0 Å². The van der Waals surface area contributed by atoms with E-state index < -0.39 is 11.8 Å². The second-order valence-electron chi connectivity index (χ2n) is 3.56. The fourth-order valence-corrected chi connectivity index (χ4v) is 1.82. The van der Waals surface area contributed by atoms with Crippen molar-refractivity contribution in [2.45, 2.75) is 13.3 Å². The average molecular weight is 269 g/mol. The van der Waals surface area contributed by atoms with Gasteiger partial charge in [0, 0.05) is 5.39 Å². The van der Waals surface area contributed by atoms with Crippen molar-refractivity contribution in [2.24, 2.45) is 0 Å². The van der Waals surface area contributed by atoms with E-state index in [2.05, 4.69) is 9.97 Å². The Bertz CT molecular complexity index is 604. The molecule has 0 atom stereocenters. The summed E-state index contributed by atoms with van der Waals surface area (Å²) in [7, 11) is 0. The third-order valence-electron chi connectivity index (χ3n) is 2.35. The zero-order valence-corrected chi connectivity index (χ0v) is 10.4. The van der Waals surface area contributed by atoms with Gasteiger partial charge in [0.05, 0.1) is 18.7 Å². The number of para-hydroxylation sites is 1. The van der Waals surface area contributed by atoms with Crippen LogP contribution in [0.4, 0.5) is 4.39 Å². The SMILES string of the molecule is CCOC(=O)Cc1nc(Cl)nc2c(F)cccc12. The van der Waals surface area contributed by atoms with Crippen LogP contribution >= 0.6 is 11.6 Å². The van der Waals surface area contributed by atoms with Crippen molar-refractivity contribution in [3.63, 3.8) is 0 Å². The number of rotatable bonds is 3. The largest absolute Gasteiger partial charge is 0.466 e. The molecule has 0 amide bonds. The van der Waals surface area contributed by atoms with Gasteiger partial charge in [0.25, 0.3) is 0 Å². The fraction of sp³-hybridized carbons (Fsp3) is 0.250. The quantitative estimate of drug-likeness (QED) is 0.634. The number of benzene rings is 1. The van der Waals surface area contributed by atoms with E-state index in [0.717, 1.165) is 0 Å². The highest BCUT2D eigenvalue weighted by molar-refractivity contribution is 6.28. The fourth-order valence-electron chi connectivity index (χ4n) is 1.63. The maximum absolute atomic E-state index is 13.6. The zero-order chi connectivity index (χ0) is 13.1. The summed E-state index contributed by atoms with van der Waals surface area (Å²) in [5.41, 5.74) is 0.472. The van der Waals surface area contributed by atoms with E-state index in [1.165, 1.54) is 12.1 Å². The summed E-state index contributed by atoms with van der Waals surface area (Å²) in [5.74, 6) is -0.931. The Labute approximate surface area is 108 Å². The van der Waals surface area contributed by atoms with Gasteiger partial charge in [0.2, 0.25) is 5.28 Å². The van der Waals surface area contributed by atoms with Gasteiger partial charge in [0.1, 0.15) is 11.3 Å². The molecular weight excluding hydrogens is 259 g/mol. The van der Waals surface area contributed by atoms with E-state index in [4.69, 9.17) is 16.3 Å². The lowest BCUT2D eigenvalue weighted by Gasteiger charge is -2.06. The Balaban J connectivity index is 2.49. The maximum atomic E-state index is 13.6. The summed E-state index contributed by atoms with van der Waals surface area (Å²) in [6.07, 6.45) is -0.0595. The zero-order valence-electron chi connectivity index (χ0n) is 9.61. The minimum Gasteiger partial charge on any atom is -0.466 e. The number of carbonyl (C=O) groups is 1. The molecule has 1 aromatic carbocycles. The smallest absolute Gasteiger partial charge is 0.311 e. The van der Waals surface area contributed by atoms with Crippen LogP contribution in [0, 0.1) is 5.82 Å². The van der Waals surface area contributed by atoms with Crippen LogP contribution in [0.15, 0.2) is 18.2 Å². The minimum atomic E-state index is -0.498. The Kier molecular flexibility index (Phi) is 3.72. The van der Waals surface area contributed by atoms with Crippen LogP contribution in [-0.4, -0.2) is 22.5 Å². The lowest BCUT2D eigenvalue weighted by Crippen LogP contribution is -2.10. The van der Waals surface area contributed by atoms with Gasteiger partial charge in [-0.05, 0) is 24.6 Å². The number of ether oxygens (including phenoxy) is 1. The van der Waals surface area contributed by atoms with E-state index in [0.29, 0.717) is 11.1 Å². The second kappa shape index (κ2) is 5.27. The predicted molar refractivity (Wildman–Crippen MR) is 64.8 cm³/mol. The first-order valence-electron chi connectivity index (χ1n) is 5.38. The molecule has 0 aliphatic rings. The molecule has 94 valence electrons. The highest BCUT2D eigenvalue weighted by atomic mass is 35.5. The van der Waals surface area contributed by atoms with E-state index in [1.54, 1.807) is 13.0 Å². The Morgan fingerprint density at radius 2 is 2.22 bits per heavy atom. The van der Waals surface area contributed by atoms with Gasteiger partial charge < -0.3 is 4.74 Å². The second-order valence-corrected chi connectivity index (χ2v) is 3.90. The van der Waals surface area contributed by atoms with Gasteiger partial charge in [-0.15, -0.1) is 0 Å². The van der Waals surface area contributed by atoms with Crippen molar-refractivity contribution in [1.82, 2.24) is 9.97 Å². The van der Waals surface area contributed by atoms with Crippen LogP contribution in [0.25, 0.3) is 10.9 Å². The van der Waals surface area contributed by atoms with Crippen LogP contribution in [0.1, 0.15) is 12.6 Å². The molecule has 0 fully saturated rings. The van der Waals surface area contributed by atoms with Crippen molar-refractivity contribution in [3.05, 3.63) is 35.0 Å². The summed E-state index contributed by atoms with van der Waals surface area (Å²) in [6.45, 7) is 1.99. The highest BCUT2D eigenvalue weighted by Crippen LogP contribution is 2.21. The first-order valence-corrected chi connectivity index (χ1v) is 5.76. The van der Waals surface area contributed by atoms with E-state index in [9.17, 15) is 9.18 Å². The van der Waals surface area contributed by atoms with Crippen LogP contribution in [0.2, 0.25) is 5.28 Å². The van der Waals surface area contributed by atoms with Crippen molar-refractivity contribution < 1.29 is 13.9 Å². The molecule has 0 radical (unpaired) electrons. The molecule has 0 spiro atoms. The summed E-state index contributed by atoms with van der Waals surface area (Å²) < 4.78 is 18.4. The molecule has 2 aromatic rings. The van der Waals surface area contributed by atoms with Gasteiger partial charge in [-0.2, -0.15) is 0 Å². The number of esters is 1. The molecule has 0 aliphatic heterocycles. The van der Waals surface area contributed by atoms with E-state index in [-0.39, 0.29) is 23.8 Å². The molecule has 1 heterocycles. The third kappa shape index (κ3) is 2.56. The molecule has 1 aromatic heterocycles. The molecule has 0 saturated carbocycles. The van der Waals surface area contributed by atoms with Crippen molar-refractivity contribution in [1.29, 1.82) is 0 Å². The number of carbonyl (C=O) groups excluding carboxylic acids is 1. The predicted octanol–water partition coefficient (Wildman–Crippen LogP) is 2.53. The minimum absolute atomic E-state index is 0.0595. The highest BCUT2D eigenvalue weighted by Gasteiger charge is 2.13. The Morgan fingerprint density at radius 1 is 1.44 bits per heavy atom. The lowest BCUT2D eigenvalue weighted by molar-refractivity contribution is -0.142. The van der Waals surface area contributed by atoms with Crippen LogP contribution in [0.5, 0.6) is 0 Å². The number of fused-ring (bicyclic) bond motifs is 1. The molecule has 0 bridgehead atoms. The lowest BCUT2D eigenvalue weighted by atomic mass is 10.1. The molecule has 4 nitrogen and oxygen atoms in total. The molecule has 0 N–H and O–H groups in total. The maximum Gasteiger partial charge on any atom is 0.311 e. The van der Waals surface area contributed by atoms with Gasteiger partial charge >= 0.3 is 5.97 Å². The first kappa shape index (κ1) is 12.7. The number of hydrogen-bond acceptors (Lipinski definition) is 4. The van der Waals surface area contributed by atoms with Gasteiger partial charge in [-0.1, -0.05) is 12.1 Å². The van der Waals surface area contributed by atoms with Crippen LogP contribution in [-0.2, 0) is 16.0 Å². The Hall–Kier alpha value is -1.75. The summed E-state index contributed by atoms with van der Waals surface area (Å²) in [6, 6.07) is 4.45. The van der Waals surface area contributed by atoms with Gasteiger partial charge in [-0.3, -0.25) is 4.79 Å². The van der Waals surface area contributed by atoms with Gasteiger partial charge in [0.15, 0.2) is 0 Å².